The molecular formula is C34H39NO2S. The molecule has 3 aromatic carbocycles. The number of nitrogens with zero attached hydrogens (tertiary/aromatic N) is 1. The van der Waals surface area contributed by atoms with Crippen LogP contribution in [0.25, 0.3) is 20.5 Å². The van der Waals surface area contributed by atoms with Gasteiger partial charge in [0.1, 0.15) is 11.5 Å². The fourth-order valence-electron chi connectivity index (χ4n) is 6.32. The number of phenolic OH excluding ortho intramolecular Hbond substituents is 1. The van der Waals surface area contributed by atoms with Crippen molar-refractivity contribution in [3.63, 3.8) is 0 Å². The molecule has 1 aromatic heterocycles. The molecule has 6 rings (SSSR count). The van der Waals surface area contributed by atoms with Gasteiger partial charge in [-0.15, -0.1) is 11.3 Å². The molecule has 0 amide bonds. The minimum atomic E-state index is 0.324. The fourth-order valence-corrected chi connectivity index (χ4v) is 7.58. The second-order valence-corrected chi connectivity index (χ2v) is 12.4. The molecular weight excluding hydrogens is 486 g/mol. The van der Waals surface area contributed by atoms with E-state index in [1.165, 1.54) is 96.1 Å². The largest absolute Gasteiger partial charge is 0.508 e. The van der Waals surface area contributed by atoms with Crippen molar-refractivity contribution in [2.45, 2.75) is 64.8 Å². The van der Waals surface area contributed by atoms with Crippen LogP contribution in [0.4, 0.5) is 0 Å². The molecule has 4 aromatic rings. The number of hydrogen-bond acceptors (Lipinski definition) is 4. The summed E-state index contributed by atoms with van der Waals surface area (Å²) in [6.07, 6.45) is 10.2. The van der Waals surface area contributed by atoms with Gasteiger partial charge >= 0.3 is 0 Å². The average Bonchev–Trinajstić information content (AvgIpc) is 3.69. The predicted octanol–water partition coefficient (Wildman–Crippen LogP) is 8.73. The Labute approximate surface area is 231 Å². The van der Waals surface area contributed by atoms with E-state index in [0.29, 0.717) is 5.75 Å². The van der Waals surface area contributed by atoms with Crippen molar-refractivity contribution in [3.05, 3.63) is 82.9 Å². The molecule has 1 saturated carbocycles. The number of aryl methyl sites for hydroxylation is 1. The van der Waals surface area contributed by atoms with Gasteiger partial charge in [0.15, 0.2) is 0 Å². The highest BCUT2D eigenvalue weighted by Gasteiger charge is 2.18. The van der Waals surface area contributed by atoms with Gasteiger partial charge in [-0.2, -0.15) is 0 Å². The van der Waals surface area contributed by atoms with Gasteiger partial charge in [-0.1, -0.05) is 43.9 Å². The van der Waals surface area contributed by atoms with Gasteiger partial charge in [0.25, 0.3) is 0 Å². The van der Waals surface area contributed by atoms with Crippen LogP contribution in [0.15, 0.2) is 60.7 Å². The Hall–Kier alpha value is -2.82. The molecule has 4 heteroatoms. The number of benzene rings is 3. The molecule has 0 bridgehead atoms. The summed E-state index contributed by atoms with van der Waals surface area (Å²) in [7, 11) is 0. The summed E-state index contributed by atoms with van der Waals surface area (Å²) in [5.74, 6) is 2.13. The van der Waals surface area contributed by atoms with Crippen LogP contribution < -0.4 is 4.74 Å². The molecule has 0 spiro atoms. The topological polar surface area (TPSA) is 32.7 Å². The van der Waals surface area contributed by atoms with Crippen molar-refractivity contribution in [1.82, 2.24) is 4.90 Å². The molecule has 3 nitrogen and oxygen atoms in total. The van der Waals surface area contributed by atoms with Crippen LogP contribution in [0.5, 0.6) is 11.5 Å². The van der Waals surface area contributed by atoms with Crippen molar-refractivity contribution in [3.8, 4) is 21.9 Å². The number of ether oxygens (including phenoxy) is 1. The van der Waals surface area contributed by atoms with E-state index in [4.69, 9.17) is 4.74 Å². The Morgan fingerprint density at radius 1 is 0.921 bits per heavy atom. The maximum absolute atomic E-state index is 10.2. The molecule has 1 aliphatic carbocycles. The lowest BCUT2D eigenvalue weighted by Crippen LogP contribution is -2.18. The molecule has 0 atom stereocenters. The van der Waals surface area contributed by atoms with Gasteiger partial charge in [0, 0.05) is 16.1 Å². The van der Waals surface area contributed by atoms with Gasteiger partial charge in [0.2, 0.25) is 0 Å². The summed E-state index contributed by atoms with van der Waals surface area (Å²) in [5, 5.41) is 11.4. The third-order valence-electron chi connectivity index (χ3n) is 8.54. The highest BCUT2D eigenvalue weighted by molar-refractivity contribution is 7.22. The minimum absolute atomic E-state index is 0.324. The first-order valence-electron chi connectivity index (χ1n) is 14.4. The number of aromatic hydroxyl groups is 1. The smallest absolute Gasteiger partial charge is 0.119 e. The van der Waals surface area contributed by atoms with Crippen molar-refractivity contribution in [2.75, 3.05) is 19.7 Å². The number of thiophene rings is 1. The highest BCUT2D eigenvalue weighted by atomic mass is 32.1. The summed E-state index contributed by atoms with van der Waals surface area (Å²) in [6, 6.07) is 21.4. The number of rotatable bonds is 9. The third-order valence-corrected chi connectivity index (χ3v) is 9.79. The van der Waals surface area contributed by atoms with Crippen LogP contribution >= 0.6 is 11.3 Å². The number of fused-ring (bicyclic) bond motifs is 1. The van der Waals surface area contributed by atoms with E-state index in [1.54, 1.807) is 11.3 Å². The lowest BCUT2D eigenvalue weighted by atomic mass is 9.96. The zero-order chi connectivity index (χ0) is 25.9. The zero-order valence-electron chi connectivity index (χ0n) is 22.5. The normalized spacial score (nSPS) is 16.6. The van der Waals surface area contributed by atoms with Crippen LogP contribution in [0.1, 0.15) is 67.2 Å². The van der Waals surface area contributed by atoms with E-state index in [9.17, 15) is 5.11 Å². The van der Waals surface area contributed by atoms with Crippen LogP contribution in [0.3, 0.4) is 0 Å². The summed E-state index contributed by atoms with van der Waals surface area (Å²) < 4.78 is 7.23. The van der Waals surface area contributed by atoms with Gasteiger partial charge in [0.05, 0.1) is 6.61 Å². The maximum atomic E-state index is 10.2. The second-order valence-electron chi connectivity index (χ2n) is 11.3. The first kappa shape index (κ1) is 25.5. The first-order chi connectivity index (χ1) is 18.6. The lowest BCUT2D eigenvalue weighted by molar-refractivity contribution is 0.279. The minimum Gasteiger partial charge on any atom is -0.508 e. The first-order valence-corrected chi connectivity index (χ1v) is 15.2. The quantitative estimate of drug-likeness (QED) is 0.237. The van der Waals surface area contributed by atoms with Crippen LogP contribution in [-0.4, -0.2) is 29.7 Å². The standard InChI is InChI=1S/C34H39NO2S/c1-24-20-26(8-9-28(24)23-35-17-4-5-18-35)21-32-31-15-12-29(36)22-33(31)38-34(32)27-10-13-30(14-11-27)37-19-16-25-6-2-3-7-25/h8-15,20,22,25,36H,2-7,16-19,21,23H2,1H3. The summed E-state index contributed by atoms with van der Waals surface area (Å²) in [6.45, 7) is 6.58. The lowest BCUT2D eigenvalue weighted by Gasteiger charge is -2.17. The molecule has 38 heavy (non-hydrogen) atoms. The molecule has 2 fully saturated rings. The van der Waals surface area contributed by atoms with Crippen molar-refractivity contribution in [2.24, 2.45) is 5.92 Å². The Morgan fingerprint density at radius 3 is 2.47 bits per heavy atom. The van der Waals surface area contributed by atoms with E-state index in [1.807, 2.05) is 12.1 Å². The summed E-state index contributed by atoms with van der Waals surface area (Å²) >= 11 is 1.77. The number of hydrogen-bond donors (Lipinski definition) is 1. The third kappa shape index (κ3) is 5.77. The van der Waals surface area contributed by atoms with Crippen LogP contribution in [0, 0.1) is 12.8 Å². The van der Waals surface area contributed by atoms with Crippen molar-refractivity contribution >= 4 is 21.4 Å². The van der Waals surface area contributed by atoms with Crippen LogP contribution in [-0.2, 0) is 13.0 Å². The fraction of sp³-hybridized carbons (Fsp3) is 0.412. The van der Waals surface area contributed by atoms with Gasteiger partial charge in [-0.25, -0.2) is 0 Å². The Bertz CT molecular complexity index is 1380. The van der Waals surface area contributed by atoms with Gasteiger partial charge in [-0.3, -0.25) is 4.90 Å². The molecule has 1 N–H and O–H groups in total. The molecule has 2 heterocycles. The van der Waals surface area contributed by atoms with E-state index in [0.717, 1.165) is 35.9 Å². The van der Waals surface area contributed by atoms with Crippen molar-refractivity contribution in [1.29, 1.82) is 0 Å². The Kier molecular flexibility index (Phi) is 7.71. The number of phenols is 1. The second kappa shape index (κ2) is 11.5. The van der Waals surface area contributed by atoms with E-state index < -0.39 is 0 Å². The maximum Gasteiger partial charge on any atom is 0.119 e. The number of likely N-dealkylation sites (tertiary alicyclic amines) is 1. The van der Waals surface area contributed by atoms with Gasteiger partial charge in [-0.05, 0) is 127 Å². The molecule has 0 unspecified atom stereocenters. The molecule has 2 aliphatic rings. The molecule has 1 saturated heterocycles. The van der Waals surface area contributed by atoms with Crippen LogP contribution in [0.2, 0.25) is 0 Å². The van der Waals surface area contributed by atoms with Crippen molar-refractivity contribution < 1.29 is 9.84 Å². The SMILES string of the molecule is Cc1cc(Cc2c(-c3ccc(OCCC4CCCC4)cc3)sc3cc(O)ccc23)ccc1CN1CCCC1. The Balaban J connectivity index is 1.23. The van der Waals surface area contributed by atoms with Gasteiger partial charge < -0.3 is 9.84 Å². The molecule has 198 valence electrons. The zero-order valence-corrected chi connectivity index (χ0v) is 23.4. The Morgan fingerprint density at radius 2 is 1.71 bits per heavy atom. The van der Waals surface area contributed by atoms with E-state index in [-0.39, 0.29) is 0 Å². The monoisotopic (exact) mass is 525 g/mol. The molecule has 0 radical (unpaired) electrons. The average molecular weight is 526 g/mol. The van der Waals surface area contributed by atoms with E-state index >= 15 is 0 Å². The predicted molar refractivity (Wildman–Crippen MR) is 159 cm³/mol. The summed E-state index contributed by atoms with van der Waals surface area (Å²) in [4.78, 5) is 3.85. The van der Waals surface area contributed by atoms with E-state index in [2.05, 4.69) is 60.4 Å². The highest BCUT2D eigenvalue weighted by Crippen LogP contribution is 2.41. The molecule has 1 aliphatic heterocycles. The summed E-state index contributed by atoms with van der Waals surface area (Å²) in [5.41, 5.74) is 6.72.